The average molecular weight is 333 g/mol. The molecule has 0 fully saturated rings. The highest BCUT2D eigenvalue weighted by Gasteiger charge is 2.42. The second-order valence-corrected chi connectivity index (χ2v) is 6.32. The van der Waals surface area contributed by atoms with Gasteiger partial charge in [-0.3, -0.25) is 9.59 Å². The fourth-order valence-electron chi connectivity index (χ4n) is 4.25. The van der Waals surface area contributed by atoms with Gasteiger partial charge in [0.05, 0.1) is 25.5 Å². The summed E-state index contributed by atoms with van der Waals surface area (Å²) >= 11 is 0. The molecule has 0 spiro atoms. The fraction of sp³-hybridized carbons (Fsp3) is 0.200. The van der Waals surface area contributed by atoms with Crippen LogP contribution in [0.2, 0.25) is 0 Å². The van der Waals surface area contributed by atoms with Crippen LogP contribution >= 0.6 is 0 Å². The monoisotopic (exact) mass is 333 g/mol. The lowest BCUT2D eigenvalue weighted by Crippen LogP contribution is -2.33. The van der Waals surface area contributed by atoms with Gasteiger partial charge in [0.25, 0.3) is 11.7 Å². The van der Waals surface area contributed by atoms with E-state index in [1.54, 1.807) is 19.1 Å². The summed E-state index contributed by atoms with van der Waals surface area (Å²) < 4.78 is 11.1. The van der Waals surface area contributed by atoms with E-state index >= 15 is 0 Å². The van der Waals surface area contributed by atoms with Crippen LogP contribution in [0.1, 0.15) is 15.9 Å². The molecule has 3 aromatic carbocycles. The SMILES string of the molecule is COc1cc2c3c(c1OC)CCN1C(=O)C(=O)c(c31)c1ccccc12. The zero-order valence-electron chi connectivity index (χ0n) is 13.9. The number of ketones is 1. The molecule has 5 rings (SSSR count). The van der Waals surface area contributed by atoms with Gasteiger partial charge in [-0.1, -0.05) is 24.3 Å². The van der Waals surface area contributed by atoms with Gasteiger partial charge < -0.3 is 14.4 Å². The van der Waals surface area contributed by atoms with Crippen molar-refractivity contribution in [2.24, 2.45) is 0 Å². The van der Waals surface area contributed by atoms with E-state index in [9.17, 15) is 9.59 Å². The van der Waals surface area contributed by atoms with Crippen LogP contribution in [0.25, 0.3) is 21.5 Å². The van der Waals surface area contributed by atoms with Gasteiger partial charge in [0.2, 0.25) is 0 Å². The van der Waals surface area contributed by atoms with Crippen molar-refractivity contribution >= 4 is 38.9 Å². The van der Waals surface area contributed by atoms with Crippen molar-refractivity contribution in [1.82, 2.24) is 0 Å². The van der Waals surface area contributed by atoms with Gasteiger partial charge in [0.15, 0.2) is 11.5 Å². The molecule has 5 nitrogen and oxygen atoms in total. The summed E-state index contributed by atoms with van der Waals surface area (Å²) in [6, 6.07) is 9.66. The Morgan fingerprint density at radius 1 is 1.00 bits per heavy atom. The molecule has 0 atom stereocenters. The molecule has 2 heterocycles. The van der Waals surface area contributed by atoms with Crippen LogP contribution in [0.3, 0.4) is 0 Å². The molecule has 3 aromatic rings. The number of ether oxygens (including phenoxy) is 2. The lowest BCUT2D eigenvalue weighted by Gasteiger charge is -2.28. The minimum Gasteiger partial charge on any atom is -0.493 e. The van der Waals surface area contributed by atoms with Crippen molar-refractivity contribution in [3.8, 4) is 11.5 Å². The number of amides is 1. The summed E-state index contributed by atoms with van der Waals surface area (Å²) in [5.41, 5.74) is 2.24. The van der Waals surface area contributed by atoms with Crippen molar-refractivity contribution in [3.63, 3.8) is 0 Å². The number of Topliss-reactive ketones (excluding diaryl/α,β-unsaturated/α-hetero) is 1. The van der Waals surface area contributed by atoms with E-state index in [1.807, 2.05) is 30.3 Å². The summed E-state index contributed by atoms with van der Waals surface area (Å²) in [6.07, 6.45) is 0.626. The molecule has 0 unspecified atom stereocenters. The van der Waals surface area contributed by atoms with Crippen LogP contribution in [-0.2, 0) is 11.2 Å². The Bertz CT molecular complexity index is 1120. The van der Waals surface area contributed by atoms with Crippen molar-refractivity contribution in [1.29, 1.82) is 0 Å². The Kier molecular flexibility index (Phi) is 2.70. The molecule has 0 aliphatic carbocycles. The molecule has 0 bridgehead atoms. The fourth-order valence-corrected chi connectivity index (χ4v) is 4.25. The van der Waals surface area contributed by atoms with Crippen LogP contribution in [0.4, 0.5) is 5.69 Å². The topological polar surface area (TPSA) is 55.8 Å². The van der Waals surface area contributed by atoms with Gasteiger partial charge in [-0.05, 0) is 28.6 Å². The number of anilines is 1. The Morgan fingerprint density at radius 3 is 2.48 bits per heavy atom. The van der Waals surface area contributed by atoms with Gasteiger partial charge in [-0.2, -0.15) is 0 Å². The molecular weight excluding hydrogens is 318 g/mol. The van der Waals surface area contributed by atoms with Crippen molar-refractivity contribution < 1.29 is 19.1 Å². The predicted octanol–water partition coefficient (Wildman–Crippen LogP) is 3.10. The smallest absolute Gasteiger partial charge is 0.299 e. The normalized spacial score (nSPS) is 15.4. The summed E-state index contributed by atoms with van der Waals surface area (Å²) in [4.78, 5) is 26.8. The lowest BCUT2D eigenvalue weighted by atomic mass is 9.89. The maximum absolute atomic E-state index is 12.7. The zero-order chi connectivity index (χ0) is 17.3. The van der Waals surface area contributed by atoms with Crippen LogP contribution in [-0.4, -0.2) is 32.5 Å². The Labute approximate surface area is 143 Å². The third-order valence-corrected chi connectivity index (χ3v) is 5.25. The van der Waals surface area contributed by atoms with Crippen LogP contribution in [0, 0.1) is 0 Å². The van der Waals surface area contributed by atoms with Crippen LogP contribution in [0.5, 0.6) is 11.5 Å². The number of nitrogens with zero attached hydrogens (tertiary/aromatic N) is 1. The second kappa shape index (κ2) is 4.72. The van der Waals surface area contributed by atoms with Crippen LogP contribution in [0.15, 0.2) is 30.3 Å². The van der Waals surface area contributed by atoms with Gasteiger partial charge in [0, 0.05) is 17.5 Å². The molecule has 5 heteroatoms. The van der Waals surface area contributed by atoms with Gasteiger partial charge >= 0.3 is 0 Å². The third kappa shape index (κ3) is 1.58. The van der Waals surface area contributed by atoms with E-state index in [0.717, 1.165) is 32.8 Å². The van der Waals surface area contributed by atoms with E-state index in [1.165, 1.54) is 0 Å². The minimum absolute atomic E-state index is 0.421. The maximum atomic E-state index is 12.7. The first-order valence-corrected chi connectivity index (χ1v) is 8.15. The molecule has 1 amide bonds. The summed E-state index contributed by atoms with van der Waals surface area (Å²) in [5.74, 6) is 0.488. The van der Waals surface area contributed by atoms with E-state index < -0.39 is 11.7 Å². The highest BCUT2D eigenvalue weighted by Crippen LogP contribution is 2.50. The van der Waals surface area contributed by atoms with Gasteiger partial charge in [0.1, 0.15) is 0 Å². The summed E-state index contributed by atoms with van der Waals surface area (Å²) in [5, 5.41) is 3.67. The molecule has 2 aliphatic heterocycles. The molecule has 0 aromatic heterocycles. The van der Waals surface area contributed by atoms with E-state index in [-0.39, 0.29) is 0 Å². The standard InChI is InChI=1S/C20H15NO4/c1-24-14-9-13-10-5-3-4-6-11(10)16-17-15(13)12(19(14)25-2)7-8-21(17)20(23)18(16)22/h3-6,9H,7-8H2,1-2H3. The summed E-state index contributed by atoms with van der Waals surface area (Å²) in [7, 11) is 3.23. The molecule has 25 heavy (non-hydrogen) atoms. The summed E-state index contributed by atoms with van der Waals surface area (Å²) in [6.45, 7) is 0.474. The highest BCUT2D eigenvalue weighted by molar-refractivity contribution is 6.56. The second-order valence-electron chi connectivity index (χ2n) is 6.32. The van der Waals surface area contributed by atoms with E-state index in [2.05, 4.69) is 0 Å². The number of fused-ring (bicyclic) bond motifs is 3. The zero-order valence-corrected chi connectivity index (χ0v) is 13.9. The third-order valence-electron chi connectivity index (χ3n) is 5.25. The van der Waals surface area contributed by atoms with E-state index in [4.69, 9.17) is 9.47 Å². The number of hydrogen-bond donors (Lipinski definition) is 0. The van der Waals surface area contributed by atoms with E-state index in [0.29, 0.717) is 30.0 Å². The molecule has 0 saturated carbocycles. The largest absolute Gasteiger partial charge is 0.493 e. The number of carbonyl (C=O) groups excluding carboxylic acids is 2. The quantitative estimate of drug-likeness (QED) is 0.534. The molecular formula is C20H15NO4. The number of hydrogen-bond acceptors (Lipinski definition) is 4. The van der Waals surface area contributed by atoms with Crippen molar-refractivity contribution in [2.45, 2.75) is 6.42 Å². The number of benzene rings is 3. The maximum Gasteiger partial charge on any atom is 0.299 e. The van der Waals surface area contributed by atoms with Crippen molar-refractivity contribution in [2.75, 3.05) is 25.7 Å². The average Bonchev–Trinajstić information content (AvgIpc) is 2.91. The Balaban J connectivity index is 2.10. The minimum atomic E-state index is -0.437. The Morgan fingerprint density at radius 2 is 1.76 bits per heavy atom. The van der Waals surface area contributed by atoms with Crippen molar-refractivity contribution in [3.05, 3.63) is 41.5 Å². The first-order chi connectivity index (χ1) is 12.2. The number of rotatable bonds is 2. The molecule has 0 N–H and O–H groups in total. The molecule has 0 saturated heterocycles. The number of methoxy groups -OCH3 is 2. The molecule has 0 radical (unpaired) electrons. The highest BCUT2D eigenvalue weighted by atomic mass is 16.5. The first-order valence-electron chi connectivity index (χ1n) is 8.15. The molecule has 2 aliphatic rings. The Hall–Kier alpha value is -3.08. The number of carbonyl (C=O) groups is 2. The molecule has 124 valence electrons. The van der Waals surface area contributed by atoms with Gasteiger partial charge in [-0.15, -0.1) is 0 Å². The predicted molar refractivity (Wildman–Crippen MR) is 94.9 cm³/mol. The first kappa shape index (κ1) is 14.3. The van der Waals surface area contributed by atoms with Crippen LogP contribution < -0.4 is 14.4 Å². The van der Waals surface area contributed by atoms with Gasteiger partial charge in [-0.25, -0.2) is 0 Å². The lowest BCUT2D eigenvalue weighted by molar-refractivity contribution is -0.114.